The third-order valence-electron chi connectivity index (χ3n) is 15.0. The summed E-state index contributed by atoms with van der Waals surface area (Å²) in [4.78, 5) is 0. The molecule has 8 aromatic carbocycles. The Bertz CT molecular complexity index is 2800. The molecule has 9 rings (SSSR count). The van der Waals surface area contributed by atoms with Gasteiger partial charge in [-0.25, -0.2) is 0 Å². The average Bonchev–Trinajstić information content (AvgIpc) is 3.35. The zero-order valence-corrected chi connectivity index (χ0v) is 44.9. The Morgan fingerprint density at radius 2 is 0.382 bits per heavy atom. The summed E-state index contributed by atoms with van der Waals surface area (Å²) < 4.78 is 0. The van der Waals surface area contributed by atoms with Crippen LogP contribution in [0.5, 0.6) is 46.0 Å². The molecule has 392 valence electrons. The van der Waals surface area contributed by atoms with Crippen LogP contribution in [0.15, 0.2) is 146 Å². The second kappa shape index (κ2) is 21.8. The van der Waals surface area contributed by atoms with Crippen LogP contribution in [0, 0.1) is 23.7 Å². The fourth-order valence-corrected chi connectivity index (χ4v) is 11.7. The number of fused-ring (bicyclic) bond motifs is 8. The van der Waals surface area contributed by atoms with Crippen LogP contribution in [0.3, 0.4) is 0 Å². The molecule has 8 aromatic rings. The van der Waals surface area contributed by atoms with Crippen molar-refractivity contribution in [3.8, 4) is 46.0 Å². The largest absolute Gasteiger partial charge is 0.507 e. The van der Waals surface area contributed by atoms with Crippen molar-refractivity contribution in [1.82, 2.24) is 0 Å². The molecule has 0 spiro atoms. The first-order chi connectivity index (χ1) is 36.2. The quantitative estimate of drug-likeness (QED) is 0.0600. The highest BCUT2D eigenvalue weighted by Gasteiger charge is 2.35. The summed E-state index contributed by atoms with van der Waals surface area (Å²) in [6.07, 6.45) is 3.29. The highest BCUT2D eigenvalue weighted by Crippen LogP contribution is 2.54. The van der Waals surface area contributed by atoms with Crippen LogP contribution in [0.25, 0.3) is 0 Å². The molecule has 8 nitrogen and oxygen atoms in total. The monoisotopic (exact) mass is 1020 g/mol. The molecule has 1 aliphatic rings. The van der Waals surface area contributed by atoms with E-state index in [1.165, 1.54) is 24.3 Å². The van der Waals surface area contributed by atoms with Gasteiger partial charge in [-0.05, 0) is 118 Å². The first-order valence-corrected chi connectivity index (χ1v) is 26.8. The van der Waals surface area contributed by atoms with Crippen molar-refractivity contribution in [3.05, 3.63) is 235 Å². The Morgan fingerprint density at radius 3 is 0.513 bits per heavy atom. The van der Waals surface area contributed by atoms with E-state index >= 15 is 0 Å². The number of aromatic hydroxyl groups is 8. The van der Waals surface area contributed by atoms with Crippen molar-refractivity contribution in [2.75, 3.05) is 0 Å². The maximum atomic E-state index is 12.3. The lowest BCUT2D eigenvalue weighted by atomic mass is 9.75. The molecular weight excluding hydrogens is 945 g/mol. The van der Waals surface area contributed by atoms with E-state index in [2.05, 4.69) is 55.4 Å². The van der Waals surface area contributed by atoms with E-state index in [9.17, 15) is 40.9 Å². The molecule has 0 atom stereocenters. The van der Waals surface area contributed by atoms with Gasteiger partial charge in [-0.3, -0.25) is 0 Å². The van der Waals surface area contributed by atoms with Crippen LogP contribution in [-0.2, 0) is 25.7 Å². The zero-order chi connectivity index (χ0) is 54.3. The molecular formula is C68H72O8. The topological polar surface area (TPSA) is 162 Å². The van der Waals surface area contributed by atoms with E-state index in [4.69, 9.17) is 0 Å². The van der Waals surface area contributed by atoms with E-state index in [0.29, 0.717) is 90.4 Å². The molecule has 8 heteroatoms. The standard InChI is InChI=1S/C68H72O8/c1-37(2)25-41-9-17-45(18-10-41)65-49-29-51(59(71)33-57(49)69)66(46-19-11-42(12-20-46)26-38(3)4)53-31-55(63(75)35-61(53)73)68(48-23-15-44(16-24-48)28-40(7)8)56-32-54(62(74)36-64(56)76)67(52-30-50(65)58(70)34-60(52)72)47-21-13-43(14-22-47)27-39(5)6/h9-24,29-40,65-76H,25-28H2,1-8H3. The molecule has 0 saturated heterocycles. The van der Waals surface area contributed by atoms with Crippen LogP contribution >= 0.6 is 0 Å². The predicted molar refractivity (Wildman–Crippen MR) is 303 cm³/mol. The van der Waals surface area contributed by atoms with E-state index in [-0.39, 0.29) is 46.0 Å². The molecule has 8 bridgehead atoms. The zero-order valence-electron chi connectivity index (χ0n) is 44.9. The van der Waals surface area contributed by atoms with E-state index in [0.717, 1.165) is 47.9 Å². The number of rotatable bonds is 12. The number of hydrogen-bond acceptors (Lipinski definition) is 8. The molecule has 0 heterocycles. The smallest absolute Gasteiger partial charge is 0.123 e. The third-order valence-corrected chi connectivity index (χ3v) is 15.0. The second-order valence-electron chi connectivity index (χ2n) is 23.0. The van der Waals surface area contributed by atoms with Gasteiger partial charge in [0.1, 0.15) is 46.0 Å². The van der Waals surface area contributed by atoms with Crippen LogP contribution < -0.4 is 0 Å². The van der Waals surface area contributed by atoms with Crippen molar-refractivity contribution in [2.45, 2.75) is 105 Å². The van der Waals surface area contributed by atoms with E-state index < -0.39 is 23.7 Å². The first kappa shape index (κ1) is 53.0. The fourth-order valence-electron chi connectivity index (χ4n) is 11.7. The molecule has 1 aliphatic carbocycles. The predicted octanol–water partition coefficient (Wildman–Crippen LogP) is 15.2. The van der Waals surface area contributed by atoms with Gasteiger partial charge in [-0.2, -0.15) is 0 Å². The maximum Gasteiger partial charge on any atom is 0.123 e. The molecule has 0 saturated carbocycles. The first-order valence-electron chi connectivity index (χ1n) is 26.8. The molecule has 0 unspecified atom stereocenters. The SMILES string of the molecule is CC(C)Cc1ccc(C2c3cc(c(O)cc3O)C(c3ccc(CC(C)C)cc3)c3cc(c(O)cc3O)C(c3ccc(CC(C)C)cc3)c3cc(c(O)cc3O)C(c3ccc(CC(C)C)cc3)c3cc2c(O)cc3O)cc1. The molecule has 76 heavy (non-hydrogen) atoms. The van der Waals surface area contributed by atoms with Gasteiger partial charge in [0.2, 0.25) is 0 Å². The van der Waals surface area contributed by atoms with Gasteiger partial charge in [0.15, 0.2) is 0 Å². The Labute approximate surface area is 447 Å². The van der Waals surface area contributed by atoms with Crippen LogP contribution in [0.2, 0.25) is 0 Å². The fraction of sp³-hybridized carbons (Fsp3) is 0.294. The molecule has 0 fully saturated rings. The van der Waals surface area contributed by atoms with Crippen molar-refractivity contribution < 1.29 is 40.9 Å². The van der Waals surface area contributed by atoms with Crippen LogP contribution in [0.4, 0.5) is 0 Å². The van der Waals surface area contributed by atoms with Crippen molar-refractivity contribution >= 4 is 0 Å². The third kappa shape index (κ3) is 11.0. The number of benzene rings is 8. The van der Waals surface area contributed by atoms with E-state index in [1.54, 1.807) is 24.3 Å². The van der Waals surface area contributed by atoms with Crippen LogP contribution in [0.1, 0.15) is 168 Å². The van der Waals surface area contributed by atoms with E-state index in [1.807, 2.05) is 97.1 Å². The molecule has 0 aromatic heterocycles. The van der Waals surface area contributed by atoms with Crippen molar-refractivity contribution in [1.29, 1.82) is 0 Å². The molecule has 0 amide bonds. The van der Waals surface area contributed by atoms with Gasteiger partial charge in [-0.1, -0.05) is 152 Å². The van der Waals surface area contributed by atoms with Gasteiger partial charge in [-0.15, -0.1) is 0 Å². The summed E-state index contributed by atoms with van der Waals surface area (Å²) >= 11 is 0. The second-order valence-corrected chi connectivity index (χ2v) is 23.0. The Morgan fingerprint density at radius 1 is 0.237 bits per heavy atom. The summed E-state index contributed by atoms with van der Waals surface area (Å²) in [5, 5.41) is 98.4. The van der Waals surface area contributed by atoms with Gasteiger partial charge >= 0.3 is 0 Å². The molecule has 8 N–H and O–H groups in total. The summed E-state index contributed by atoms with van der Waals surface area (Å²) in [6, 6.07) is 44.2. The lowest BCUT2D eigenvalue weighted by Gasteiger charge is -2.30. The van der Waals surface area contributed by atoms with Gasteiger partial charge in [0.25, 0.3) is 0 Å². The highest BCUT2D eigenvalue weighted by atomic mass is 16.3. The van der Waals surface area contributed by atoms with Gasteiger partial charge in [0, 0.05) is 92.4 Å². The lowest BCUT2D eigenvalue weighted by molar-refractivity contribution is 0.431. The summed E-state index contributed by atoms with van der Waals surface area (Å²) in [7, 11) is 0. The van der Waals surface area contributed by atoms with Gasteiger partial charge in [0.05, 0.1) is 0 Å². The maximum absolute atomic E-state index is 12.3. The number of phenols is 8. The normalized spacial score (nSPS) is 16.5. The number of phenolic OH excluding ortho intramolecular Hbond substituents is 8. The molecule has 0 radical (unpaired) electrons. The Balaban J connectivity index is 1.43. The van der Waals surface area contributed by atoms with Crippen molar-refractivity contribution in [3.63, 3.8) is 0 Å². The summed E-state index contributed by atoms with van der Waals surface area (Å²) in [6.45, 7) is 17.2. The number of hydrogen-bond donors (Lipinski definition) is 8. The Hall–Kier alpha value is -7.84. The van der Waals surface area contributed by atoms with Gasteiger partial charge < -0.3 is 40.9 Å². The lowest BCUT2D eigenvalue weighted by Crippen LogP contribution is -2.13. The average molecular weight is 1020 g/mol. The Kier molecular flexibility index (Phi) is 15.2. The minimum absolute atomic E-state index is 0.256. The minimum Gasteiger partial charge on any atom is -0.507 e. The summed E-state index contributed by atoms with van der Waals surface area (Å²) in [5.41, 5.74) is 9.80. The highest BCUT2D eigenvalue weighted by molar-refractivity contribution is 5.67. The molecule has 0 aliphatic heterocycles. The minimum atomic E-state index is -0.918. The summed E-state index contributed by atoms with van der Waals surface area (Å²) in [5.74, 6) is -4.19. The van der Waals surface area contributed by atoms with Crippen molar-refractivity contribution in [2.24, 2.45) is 23.7 Å². The van der Waals surface area contributed by atoms with Crippen LogP contribution in [-0.4, -0.2) is 40.9 Å².